The number of carbonyl (C=O) groups excluding carboxylic acids is 1. The minimum absolute atomic E-state index is 0.146. The minimum Gasteiger partial charge on any atom is -0.497 e. The molecule has 124 valence electrons. The number of amides is 1. The highest BCUT2D eigenvalue weighted by Gasteiger charge is 2.19. The quantitative estimate of drug-likeness (QED) is 0.796. The Hall–Kier alpha value is -2.89. The highest BCUT2D eigenvalue weighted by molar-refractivity contribution is 6.06. The summed E-state index contributed by atoms with van der Waals surface area (Å²) in [5.74, 6) is 0.601. The number of pyridine rings is 1. The van der Waals surface area contributed by atoms with Gasteiger partial charge in [0, 0.05) is 5.69 Å². The van der Waals surface area contributed by atoms with Gasteiger partial charge in [0.15, 0.2) is 0 Å². The van der Waals surface area contributed by atoms with Gasteiger partial charge in [-0.2, -0.15) is 0 Å². The molecule has 0 radical (unpaired) electrons. The van der Waals surface area contributed by atoms with Crippen LogP contribution in [0.1, 0.15) is 40.3 Å². The zero-order valence-corrected chi connectivity index (χ0v) is 14.1. The van der Waals surface area contributed by atoms with Crippen LogP contribution in [0.25, 0.3) is 11.1 Å². The van der Waals surface area contributed by atoms with Crippen molar-refractivity contribution in [2.24, 2.45) is 0 Å². The van der Waals surface area contributed by atoms with E-state index in [2.05, 4.69) is 15.5 Å². The molecule has 24 heavy (non-hydrogen) atoms. The van der Waals surface area contributed by atoms with E-state index in [1.54, 1.807) is 20.1 Å². The van der Waals surface area contributed by atoms with E-state index >= 15 is 0 Å². The molecule has 1 amide bonds. The van der Waals surface area contributed by atoms with Crippen LogP contribution in [0.15, 0.2) is 34.9 Å². The van der Waals surface area contributed by atoms with E-state index in [1.165, 1.54) is 0 Å². The number of ether oxygens (including phenoxy) is 1. The van der Waals surface area contributed by atoms with E-state index in [4.69, 9.17) is 9.26 Å². The van der Waals surface area contributed by atoms with Gasteiger partial charge in [-0.15, -0.1) is 0 Å². The monoisotopic (exact) mass is 325 g/mol. The van der Waals surface area contributed by atoms with Crippen molar-refractivity contribution in [3.8, 4) is 5.75 Å². The Balaban J connectivity index is 1.87. The van der Waals surface area contributed by atoms with Gasteiger partial charge in [-0.3, -0.25) is 4.79 Å². The summed E-state index contributed by atoms with van der Waals surface area (Å²) >= 11 is 0. The average Bonchev–Trinajstić information content (AvgIpc) is 2.95. The molecule has 2 aromatic heterocycles. The van der Waals surface area contributed by atoms with Crippen LogP contribution >= 0.6 is 0 Å². The predicted molar refractivity (Wildman–Crippen MR) is 90.2 cm³/mol. The van der Waals surface area contributed by atoms with Crippen molar-refractivity contribution >= 4 is 17.0 Å². The standard InChI is InChI=1S/C18H19N3O3/c1-10-9-15(16-12(3)21-24-18(16)19-10)17(22)20-11(2)13-5-7-14(23-4)8-6-13/h5-9,11H,1-4H3,(H,20,22)/t11-/m1/s1. The first-order valence-electron chi connectivity index (χ1n) is 7.68. The molecule has 0 aliphatic carbocycles. The molecule has 1 aromatic carbocycles. The maximum absolute atomic E-state index is 12.7. The Bertz CT molecular complexity index is 884. The van der Waals surface area contributed by atoms with Crippen molar-refractivity contribution in [3.63, 3.8) is 0 Å². The summed E-state index contributed by atoms with van der Waals surface area (Å²) in [6.07, 6.45) is 0. The van der Waals surface area contributed by atoms with Crippen LogP contribution in [-0.2, 0) is 0 Å². The number of hydrogen-bond donors (Lipinski definition) is 1. The SMILES string of the molecule is COc1ccc([C@@H](C)NC(=O)c2cc(C)nc3onc(C)c23)cc1. The molecule has 2 heterocycles. The molecule has 3 aromatic rings. The van der Waals surface area contributed by atoms with Gasteiger partial charge in [0.2, 0.25) is 0 Å². The number of fused-ring (bicyclic) bond motifs is 1. The lowest BCUT2D eigenvalue weighted by Crippen LogP contribution is -2.27. The van der Waals surface area contributed by atoms with Gasteiger partial charge < -0.3 is 14.6 Å². The molecule has 1 N–H and O–H groups in total. The van der Waals surface area contributed by atoms with Crippen LogP contribution in [0.2, 0.25) is 0 Å². The Labute approximate surface area is 139 Å². The summed E-state index contributed by atoms with van der Waals surface area (Å²) in [5, 5.41) is 7.57. The number of benzene rings is 1. The van der Waals surface area contributed by atoms with E-state index in [-0.39, 0.29) is 11.9 Å². The van der Waals surface area contributed by atoms with Crippen molar-refractivity contribution in [2.75, 3.05) is 7.11 Å². The second-order valence-electron chi connectivity index (χ2n) is 5.73. The molecular formula is C18H19N3O3. The molecule has 0 aliphatic heterocycles. The Morgan fingerprint density at radius 1 is 1.25 bits per heavy atom. The van der Waals surface area contributed by atoms with Crippen molar-refractivity contribution in [3.05, 3.63) is 52.8 Å². The van der Waals surface area contributed by atoms with Gasteiger partial charge in [-0.1, -0.05) is 17.3 Å². The molecular weight excluding hydrogens is 306 g/mol. The normalized spacial score (nSPS) is 12.2. The molecule has 0 aliphatic rings. The molecule has 0 saturated heterocycles. The van der Waals surface area contributed by atoms with Gasteiger partial charge in [0.1, 0.15) is 5.75 Å². The molecule has 0 spiro atoms. The number of aromatic nitrogens is 2. The molecule has 0 unspecified atom stereocenters. The van der Waals surface area contributed by atoms with E-state index in [0.717, 1.165) is 11.3 Å². The van der Waals surface area contributed by atoms with Gasteiger partial charge in [-0.25, -0.2) is 4.98 Å². The van der Waals surface area contributed by atoms with Crippen LogP contribution < -0.4 is 10.1 Å². The maximum Gasteiger partial charge on any atom is 0.258 e. The second-order valence-corrected chi connectivity index (χ2v) is 5.73. The Morgan fingerprint density at radius 3 is 2.62 bits per heavy atom. The van der Waals surface area contributed by atoms with Crippen molar-refractivity contribution in [1.29, 1.82) is 0 Å². The van der Waals surface area contributed by atoms with Crippen LogP contribution in [0.3, 0.4) is 0 Å². The molecule has 0 fully saturated rings. The van der Waals surface area contributed by atoms with Crippen LogP contribution in [0, 0.1) is 13.8 Å². The lowest BCUT2D eigenvalue weighted by atomic mass is 10.1. The fourth-order valence-electron chi connectivity index (χ4n) is 2.65. The number of aryl methyl sites for hydroxylation is 2. The fourth-order valence-corrected chi connectivity index (χ4v) is 2.65. The van der Waals surface area contributed by atoms with Crippen LogP contribution in [0.5, 0.6) is 5.75 Å². The number of methoxy groups -OCH3 is 1. The van der Waals surface area contributed by atoms with Crippen molar-refractivity contribution in [2.45, 2.75) is 26.8 Å². The fraction of sp³-hybridized carbons (Fsp3) is 0.278. The van der Waals surface area contributed by atoms with Crippen molar-refractivity contribution < 1.29 is 14.1 Å². The van der Waals surface area contributed by atoms with Gasteiger partial charge in [0.25, 0.3) is 11.6 Å². The maximum atomic E-state index is 12.7. The second kappa shape index (κ2) is 6.31. The molecule has 0 saturated carbocycles. The zero-order valence-electron chi connectivity index (χ0n) is 14.1. The van der Waals surface area contributed by atoms with Gasteiger partial charge >= 0.3 is 0 Å². The highest BCUT2D eigenvalue weighted by atomic mass is 16.5. The molecule has 0 bridgehead atoms. The summed E-state index contributed by atoms with van der Waals surface area (Å²) in [6.45, 7) is 5.55. The number of hydrogen-bond acceptors (Lipinski definition) is 5. The van der Waals surface area contributed by atoms with E-state index in [9.17, 15) is 4.79 Å². The summed E-state index contributed by atoms with van der Waals surface area (Å²) in [6, 6.07) is 9.22. The molecule has 6 nitrogen and oxygen atoms in total. The Kier molecular flexibility index (Phi) is 4.20. The predicted octanol–water partition coefficient (Wildman–Crippen LogP) is 3.34. The Morgan fingerprint density at radius 2 is 1.96 bits per heavy atom. The van der Waals surface area contributed by atoms with E-state index in [1.807, 2.05) is 38.1 Å². The number of carbonyl (C=O) groups is 1. The van der Waals surface area contributed by atoms with E-state index in [0.29, 0.717) is 28.1 Å². The lowest BCUT2D eigenvalue weighted by Gasteiger charge is -2.15. The summed E-state index contributed by atoms with van der Waals surface area (Å²) < 4.78 is 10.3. The molecule has 1 atom stereocenters. The zero-order chi connectivity index (χ0) is 17.3. The molecule has 6 heteroatoms. The smallest absolute Gasteiger partial charge is 0.258 e. The topological polar surface area (TPSA) is 77.2 Å². The largest absolute Gasteiger partial charge is 0.497 e. The van der Waals surface area contributed by atoms with Crippen molar-refractivity contribution in [1.82, 2.24) is 15.5 Å². The van der Waals surface area contributed by atoms with E-state index < -0.39 is 0 Å². The highest BCUT2D eigenvalue weighted by Crippen LogP contribution is 2.23. The number of rotatable bonds is 4. The van der Waals surface area contributed by atoms with Gasteiger partial charge in [-0.05, 0) is 44.5 Å². The first kappa shape index (κ1) is 16.0. The lowest BCUT2D eigenvalue weighted by molar-refractivity contribution is 0.0941. The summed E-state index contributed by atoms with van der Waals surface area (Å²) in [7, 11) is 1.62. The third-order valence-electron chi connectivity index (χ3n) is 3.95. The third-order valence-corrected chi connectivity index (χ3v) is 3.95. The van der Waals surface area contributed by atoms with Gasteiger partial charge in [0.05, 0.1) is 29.8 Å². The van der Waals surface area contributed by atoms with Crippen LogP contribution in [-0.4, -0.2) is 23.2 Å². The first-order valence-corrected chi connectivity index (χ1v) is 7.68. The first-order chi connectivity index (χ1) is 11.5. The molecule has 3 rings (SSSR count). The third kappa shape index (κ3) is 2.95. The summed E-state index contributed by atoms with van der Waals surface area (Å²) in [4.78, 5) is 17.0. The number of nitrogens with one attached hydrogen (secondary N) is 1. The number of nitrogens with zero attached hydrogens (tertiary/aromatic N) is 2. The minimum atomic E-state index is -0.180. The summed E-state index contributed by atoms with van der Waals surface area (Å²) in [5.41, 5.74) is 3.26. The van der Waals surface area contributed by atoms with Crippen LogP contribution in [0.4, 0.5) is 0 Å². The average molecular weight is 325 g/mol.